The van der Waals surface area contributed by atoms with E-state index in [0.717, 1.165) is 18.7 Å². The SMILES string of the molecule is O=C(CCNc1ccc(F)cc1)N1CCc2ccccc2C1. The summed E-state index contributed by atoms with van der Waals surface area (Å²) < 4.78 is 12.8. The van der Waals surface area contributed by atoms with Gasteiger partial charge < -0.3 is 10.2 Å². The fourth-order valence-corrected chi connectivity index (χ4v) is 2.75. The number of benzene rings is 2. The molecule has 114 valence electrons. The zero-order chi connectivity index (χ0) is 15.4. The highest BCUT2D eigenvalue weighted by Crippen LogP contribution is 2.19. The van der Waals surface area contributed by atoms with Gasteiger partial charge in [-0.25, -0.2) is 4.39 Å². The van der Waals surface area contributed by atoms with Gasteiger partial charge in [0.25, 0.3) is 0 Å². The fraction of sp³-hybridized carbons (Fsp3) is 0.278. The van der Waals surface area contributed by atoms with E-state index in [0.29, 0.717) is 19.5 Å². The van der Waals surface area contributed by atoms with E-state index in [1.165, 1.54) is 23.3 Å². The van der Waals surface area contributed by atoms with E-state index in [9.17, 15) is 9.18 Å². The van der Waals surface area contributed by atoms with Crippen LogP contribution in [0.25, 0.3) is 0 Å². The summed E-state index contributed by atoms with van der Waals surface area (Å²) in [5, 5.41) is 3.15. The average molecular weight is 298 g/mol. The largest absolute Gasteiger partial charge is 0.385 e. The molecular weight excluding hydrogens is 279 g/mol. The van der Waals surface area contributed by atoms with Crippen molar-refractivity contribution in [3.63, 3.8) is 0 Å². The number of carbonyl (C=O) groups excluding carboxylic acids is 1. The van der Waals surface area contributed by atoms with Gasteiger partial charge in [0.1, 0.15) is 5.82 Å². The van der Waals surface area contributed by atoms with E-state index >= 15 is 0 Å². The van der Waals surface area contributed by atoms with Crippen molar-refractivity contribution in [1.29, 1.82) is 0 Å². The molecule has 22 heavy (non-hydrogen) atoms. The molecule has 1 aliphatic rings. The first kappa shape index (κ1) is 14.6. The van der Waals surface area contributed by atoms with Gasteiger partial charge >= 0.3 is 0 Å². The van der Waals surface area contributed by atoms with Crippen molar-refractivity contribution < 1.29 is 9.18 Å². The number of anilines is 1. The molecule has 1 heterocycles. The third-order valence-electron chi connectivity index (χ3n) is 4.00. The highest BCUT2D eigenvalue weighted by molar-refractivity contribution is 5.77. The third kappa shape index (κ3) is 3.45. The van der Waals surface area contributed by atoms with E-state index in [1.807, 2.05) is 17.0 Å². The van der Waals surface area contributed by atoms with Crippen molar-refractivity contribution in [3.8, 4) is 0 Å². The van der Waals surface area contributed by atoms with Crippen LogP contribution in [0.5, 0.6) is 0 Å². The molecule has 0 aromatic heterocycles. The summed E-state index contributed by atoms with van der Waals surface area (Å²) in [4.78, 5) is 14.2. The second-order valence-corrected chi connectivity index (χ2v) is 5.52. The maximum Gasteiger partial charge on any atom is 0.224 e. The lowest BCUT2D eigenvalue weighted by molar-refractivity contribution is -0.131. The fourth-order valence-electron chi connectivity index (χ4n) is 2.75. The molecule has 0 saturated carbocycles. The Hall–Kier alpha value is -2.36. The van der Waals surface area contributed by atoms with E-state index in [-0.39, 0.29) is 11.7 Å². The average Bonchev–Trinajstić information content (AvgIpc) is 2.56. The van der Waals surface area contributed by atoms with Crippen LogP contribution in [0.4, 0.5) is 10.1 Å². The minimum absolute atomic E-state index is 0.157. The van der Waals surface area contributed by atoms with Gasteiger partial charge in [-0.15, -0.1) is 0 Å². The molecule has 0 saturated heterocycles. The Labute approximate surface area is 129 Å². The Morgan fingerprint density at radius 1 is 1.09 bits per heavy atom. The third-order valence-corrected chi connectivity index (χ3v) is 4.00. The molecule has 1 amide bonds. The lowest BCUT2D eigenvalue weighted by Crippen LogP contribution is -2.36. The Balaban J connectivity index is 1.50. The summed E-state index contributed by atoms with van der Waals surface area (Å²) in [6.45, 7) is 2.04. The minimum Gasteiger partial charge on any atom is -0.385 e. The summed E-state index contributed by atoms with van der Waals surface area (Å²) in [6.07, 6.45) is 1.37. The topological polar surface area (TPSA) is 32.3 Å². The molecule has 0 atom stereocenters. The maximum absolute atomic E-state index is 12.8. The van der Waals surface area contributed by atoms with Gasteiger partial charge in [0, 0.05) is 31.7 Å². The molecule has 2 aromatic carbocycles. The number of fused-ring (bicyclic) bond motifs is 1. The first-order valence-corrected chi connectivity index (χ1v) is 7.56. The van der Waals surface area contributed by atoms with E-state index in [1.54, 1.807) is 12.1 Å². The predicted octanol–water partition coefficient (Wildman–Crippen LogP) is 3.21. The molecule has 3 nitrogen and oxygen atoms in total. The smallest absolute Gasteiger partial charge is 0.224 e. The van der Waals surface area contributed by atoms with Crippen LogP contribution < -0.4 is 5.32 Å². The van der Waals surface area contributed by atoms with Crippen molar-refractivity contribution >= 4 is 11.6 Å². The molecule has 1 N–H and O–H groups in total. The maximum atomic E-state index is 12.8. The zero-order valence-corrected chi connectivity index (χ0v) is 12.4. The van der Waals surface area contributed by atoms with Gasteiger partial charge in [0.05, 0.1) is 0 Å². The van der Waals surface area contributed by atoms with Gasteiger partial charge in [-0.3, -0.25) is 4.79 Å². The van der Waals surface area contributed by atoms with Crippen LogP contribution in [-0.4, -0.2) is 23.9 Å². The summed E-state index contributed by atoms with van der Waals surface area (Å²) >= 11 is 0. The van der Waals surface area contributed by atoms with E-state index in [2.05, 4.69) is 17.4 Å². The molecule has 2 aromatic rings. The van der Waals surface area contributed by atoms with Crippen molar-refractivity contribution in [2.45, 2.75) is 19.4 Å². The van der Waals surface area contributed by atoms with Crippen LogP contribution in [0.2, 0.25) is 0 Å². The molecular formula is C18H19FN2O. The van der Waals surface area contributed by atoms with Crippen molar-refractivity contribution in [1.82, 2.24) is 4.90 Å². The van der Waals surface area contributed by atoms with E-state index in [4.69, 9.17) is 0 Å². The van der Waals surface area contributed by atoms with Crippen LogP contribution in [0.1, 0.15) is 17.5 Å². The monoisotopic (exact) mass is 298 g/mol. The van der Waals surface area contributed by atoms with Gasteiger partial charge in [0.15, 0.2) is 0 Å². The molecule has 4 heteroatoms. The number of rotatable bonds is 4. The number of halogens is 1. The molecule has 0 bridgehead atoms. The van der Waals surface area contributed by atoms with Crippen LogP contribution in [0, 0.1) is 5.82 Å². The standard InChI is InChI=1S/C18H19FN2O/c19-16-5-7-17(8-6-16)20-11-9-18(22)21-12-10-14-3-1-2-4-15(14)13-21/h1-8,20H,9-13H2. The Morgan fingerprint density at radius 2 is 1.82 bits per heavy atom. The van der Waals surface area contributed by atoms with Gasteiger partial charge in [-0.2, -0.15) is 0 Å². The Morgan fingerprint density at radius 3 is 2.59 bits per heavy atom. The summed E-state index contributed by atoms with van der Waals surface area (Å²) in [6, 6.07) is 14.5. The normalized spacial score (nSPS) is 13.6. The van der Waals surface area contributed by atoms with Crippen molar-refractivity contribution in [3.05, 3.63) is 65.5 Å². The lowest BCUT2D eigenvalue weighted by atomic mass is 10.00. The number of amides is 1. The molecule has 0 radical (unpaired) electrons. The van der Waals surface area contributed by atoms with Crippen LogP contribution in [-0.2, 0) is 17.8 Å². The molecule has 0 aliphatic carbocycles. The first-order chi connectivity index (χ1) is 10.7. The molecule has 0 unspecified atom stereocenters. The second kappa shape index (κ2) is 6.60. The Bertz CT molecular complexity index is 654. The van der Waals surface area contributed by atoms with Crippen molar-refractivity contribution in [2.75, 3.05) is 18.4 Å². The highest BCUT2D eigenvalue weighted by atomic mass is 19.1. The van der Waals surface area contributed by atoms with Crippen LogP contribution >= 0.6 is 0 Å². The van der Waals surface area contributed by atoms with Gasteiger partial charge in [0.2, 0.25) is 5.91 Å². The Kier molecular flexibility index (Phi) is 4.37. The lowest BCUT2D eigenvalue weighted by Gasteiger charge is -2.29. The van der Waals surface area contributed by atoms with Crippen LogP contribution in [0.15, 0.2) is 48.5 Å². The minimum atomic E-state index is -0.256. The van der Waals surface area contributed by atoms with Gasteiger partial charge in [-0.1, -0.05) is 24.3 Å². The quantitative estimate of drug-likeness (QED) is 0.940. The predicted molar refractivity (Wildman–Crippen MR) is 85.1 cm³/mol. The summed E-state index contributed by atoms with van der Waals surface area (Å²) in [7, 11) is 0. The number of carbonyl (C=O) groups is 1. The first-order valence-electron chi connectivity index (χ1n) is 7.56. The molecule has 0 fully saturated rings. The number of hydrogen-bond acceptors (Lipinski definition) is 2. The van der Waals surface area contributed by atoms with Gasteiger partial charge in [-0.05, 0) is 41.8 Å². The highest BCUT2D eigenvalue weighted by Gasteiger charge is 2.19. The summed E-state index contributed by atoms with van der Waals surface area (Å²) in [5.41, 5.74) is 3.42. The van der Waals surface area contributed by atoms with Crippen LogP contribution in [0.3, 0.4) is 0 Å². The zero-order valence-electron chi connectivity index (χ0n) is 12.4. The molecule has 3 rings (SSSR count). The molecule has 0 spiro atoms. The number of nitrogens with one attached hydrogen (secondary N) is 1. The van der Waals surface area contributed by atoms with E-state index < -0.39 is 0 Å². The second-order valence-electron chi connectivity index (χ2n) is 5.52. The number of hydrogen-bond donors (Lipinski definition) is 1. The summed E-state index contributed by atoms with van der Waals surface area (Å²) in [5.74, 6) is -0.0993. The van der Waals surface area contributed by atoms with Crippen molar-refractivity contribution in [2.24, 2.45) is 0 Å². The molecule has 1 aliphatic heterocycles. The number of nitrogens with zero attached hydrogens (tertiary/aromatic N) is 1.